The number of amides is 1. The van der Waals surface area contributed by atoms with Crippen molar-refractivity contribution in [2.24, 2.45) is 0 Å². The van der Waals surface area contributed by atoms with Crippen LogP contribution in [0.4, 0.5) is 0 Å². The average Bonchev–Trinajstić information content (AvgIpc) is 2.92. The topological polar surface area (TPSA) is 68.5 Å². The molecule has 1 N–H and O–H groups in total. The molecule has 0 aliphatic carbocycles. The van der Waals surface area contributed by atoms with Crippen LogP contribution in [0.25, 0.3) is 21.7 Å². The summed E-state index contributed by atoms with van der Waals surface area (Å²) in [7, 11) is 0. The molecule has 0 radical (unpaired) electrons. The number of hydrogen-bond acceptors (Lipinski definition) is 4. The van der Waals surface area contributed by atoms with Gasteiger partial charge in [-0.3, -0.25) is 4.79 Å². The molecule has 1 amide bonds. The lowest BCUT2D eigenvalue weighted by molar-refractivity contribution is -0.144. The molecule has 0 saturated carbocycles. The molecule has 5 nitrogen and oxygen atoms in total. The number of fused-ring (bicyclic) bond motifs is 3. The highest BCUT2D eigenvalue weighted by atomic mass is 16.5. The molecular formula is C19H19NO4. The molecule has 0 aliphatic rings. The maximum Gasteiger partial charge on any atom is 0.328 e. The van der Waals surface area contributed by atoms with Crippen LogP contribution in [0.1, 0.15) is 30.0 Å². The molecule has 2 aromatic carbocycles. The Balaban J connectivity index is 1.98. The first-order chi connectivity index (χ1) is 11.5. The van der Waals surface area contributed by atoms with Crippen LogP contribution in [0.5, 0.6) is 0 Å². The van der Waals surface area contributed by atoms with Crippen molar-refractivity contribution >= 4 is 33.6 Å². The molecule has 24 heavy (non-hydrogen) atoms. The van der Waals surface area contributed by atoms with E-state index in [0.29, 0.717) is 5.58 Å². The summed E-state index contributed by atoms with van der Waals surface area (Å²) in [4.78, 5) is 24.2. The number of rotatable bonds is 4. The summed E-state index contributed by atoms with van der Waals surface area (Å²) in [6, 6.07) is 11.1. The van der Waals surface area contributed by atoms with Crippen LogP contribution >= 0.6 is 0 Å². The first-order valence-corrected chi connectivity index (χ1v) is 7.91. The Bertz CT molecular complexity index is 926. The van der Waals surface area contributed by atoms with E-state index in [2.05, 4.69) is 5.32 Å². The van der Waals surface area contributed by atoms with Gasteiger partial charge < -0.3 is 14.5 Å². The fourth-order valence-electron chi connectivity index (χ4n) is 2.75. The Hall–Kier alpha value is -2.82. The minimum Gasteiger partial charge on any atom is -0.464 e. The van der Waals surface area contributed by atoms with E-state index in [1.54, 1.807) is 13.8 Å². The molecule has 3 aromatic rings. The Morgan fingerprint density at radius 3 is 2.67 bits per heavy atom. The van der Waals surface area contributed by atoms with Gasteiger partial charge in [-0.1, -0.05) is 36.4 Å². The van der Waals surface area contributed by atoms with Crippen molar-refractivity contribution in [3.8, 4) is 0 Å². The fourth-order valence-corrected chi connectivity index (χ4v) is 2.75. The van der Waals surface area contributed by atoms with E-state index < -0.39 is 17.9 Å². The van der Waals surface area contributed by atoms with E-state index in [1.165, 1.54) is 0 Å². The Morgan fingerprint density at radius 2 is 1.92 bits per heavy atom. The summed E-state index contributed by atoms with van der Waals surface area (Å²) in [5.41, 5.74) is 1.43. The maximum absolute atomic E-state index is 12.5. The monoisotopic (exact) mass is 325 g/mol. The zero-order valence-corrected chi connectivity index (χ0v) is 13.9. The third-order valence-electron chi connectivity index (χ3n) is 4.02. The van der Waals surface area contributed by atoms with Gasteiger partial charge in [0.2, 0.25) is 0 Å². The molecule has 1 heterocycles. The van der Waals surface area contributed by atoms with Gasteiger partial charge in [0.25, 0.3) is 5.91 Å². The van der Waals surface area contributed by atoms with Crippen LogP contribution in [0.15, 0.2) is 40.8 Å². The number of esters is 1. The molecule has 0 spiro atoms. The number of hydrogen-bond donors (Lipinski definition) is 1. The Labute approximate surface area is 139 Å². The van der Waals surface area contributed by atoms with Gasteiger partial charge in [-0.15, -0.1) is 0 Å². The predicted octanol–water partition coefficient (Wildman–Crippen LogP) is 3.58. The second-order valence-corrected chi connectivity index (χ2v) is 5.67. The lowest BCUT2D eigenvalue weighted by atomic mass is 10.1. The van der Waals surface area contributed by atoms with Gasteiger partial charge in [0.05, 0.1) is 6.61 Å². The Kier molecular flexibility index (Phi) is 4.25. The molecule has 1 atom stereocenters. The number of carbonyl (C=O) groups is 2. The maximum atomic E-state index is 12.5. The van der Waals surface area contributed by atoms with Crippen molar-refractivity contribution in [1.82, 2.24) is 5.32 Å². The van der Waals surface area contributed by atoms with E-state index in [9.17, 15) is 9.59 Å². The summed E-state index contributed by atoms with van der Waals surface area (Å²) < 4.78 is 10.8. The summed E-state index contributed by atoms with van der Waals surface area (Å²) >= 11 is 0. The highest BCUT2D eigenvalue weighted by Crippen LogP contribution is 2.31. The molecule has 0 saturated heterocycles. The Morgan fingerprint density at radius 1 is 1.17 bits per heavy atom. The quantitative estimate of drug-likeness (QED) is 0.745. The largest absolute Gasteiger partial charge is 0.464 e. The number of benzene rings is 2. The van der Waals surface area contributed by atoms with Gasteiger partial charge in [-0.05, 0) is 26.2 Å². The van der Waals surface area contributed by atoms with Crippen LogP contribution in [0.3, 0.4) is 0 Å². The van der Waals surface area contributed by atoms with E-state index >= 15 is 0 Å². The zero-order chi connectivity index (χ0) is 17.3. The summed E-state index contributed by atoms with van der Waals surface area (Å²) in [6.45, 7) is 5.42. The standard InChI is InChI=1S/C19H19NO4/c1-4-23-19(22)12(3)20-18(21)16-11(2)14-10-9-13-7-5-6-8-15(13)17(14)24-16/h5-10,12H,4H2,1-3H3,(H,20,21)/t12-/m1/s1. The summed E-state index contributed by atoms with van der Waals surface area (Å²) in [5, 5.41) is 5.52. The van der Waals surface area contributed by atoms with Gasteiger partial charge in [0.15, 0.2) is 5.76 Å². The van der Waals surface area contributed by atoms with Crippen LogP contribution in [0, 0.1) is 6.92 Å². The van der Waals surface area contributed by atoms with Crippen LogP contribution in [-0.2, 0) is 9.53 Å². The third kappa shape index (κ3) is 2.73. The highest BCUT2D eigenvalue weighted by molar-refractivity contribution is 6.09. The van der Waals surface area contributed by atoms with E-state index in [-0.39, 0.29) is 12.4 Å². The second kappa shape index (κ2) is 6.35. The van der Waals surface area contributed by atoms with E-state index in [4.69, 9.17) is 9.15 Å². The van der Waals surface area contributed by atoms with E-state index in [1.807, 2.05) is 43.3 Å². The number of carbonyl (C=O) groups excluding carboxylic acids is 2. The molecule has 3 rings (SSSR count). The average molecular weight is 325 g/mol. The molecule has 0 unspecified atom stereocenters. The van der Waals surface area contributed by atoms with Crippen molar-refractivity contribution in [3.05, 3.63) is 47.7 Å². The molecule has 1 aromatic heterocycles. The highest BCUT2D eigenvalue weighted by Gasteiger charge is 2.23. The smallest absolute Gasteiger partial charge is 0.328 e. The predicted molar refractivity (Wildman–Crippen MR) is 92.0 cm³/mol. The second-order valence-electron chi connectivity index (χ2n) is 5.67. The van der Waals surface area contributed by atoms with E-state index in [0.717, 1.165) is 21.7 Å². The van der Waals surface area contributed by atoms with Gasteiger partial charge in [-0.25, -0.2) is 4.79 Å². The molecule has 5 heteroatoms. The van der Waals surface area contributed by atoms with Crippen LogP contribution in [0.2, 0.25) is 0 Å². The fraction of sp³-hybridized carbons (Fsp3) is 0.263. The number of nitrogens with one attached hydrogen (secondary N) is 1. The normalized spacial score (nSPS) is 12.3. The van der Waals surface area contributed by atoms with Gasteiger partial charge in [0, 0.05) is 16.3 Å². The molecule has 0 fully saturated rings. The SMILES string of the molecule is CCOC(=O)[C@@H](C)NC(=O)c1oc2c(ccc3ccccc32)c1C. The number of furan rings is 1. The molecule has 0 aliphatic heterocycles. The summed E-state index contributed by atoms with van der Waals surface area (Å²) in [6.07, 6.45) is 0. The minimum absolute atomic E-state index is 0.220. The van der Waals surface area contributed by atoms with Crippen molar-refractivity contribution in [3.63, 3.8) is 0 Å². The van der Waals surface area contributed by atoms with Crippen LogP contribution < -0.4 is 5.32 Å². The van der Waals surface area contributed by atoms with Crippen LogP contribution in [-0.4, -0.2) is 24.5 Å². The first kappa shape index (κ1) is 16.1. The zero-order valence-electron chi connectivity index (χ0n) is 13.9. The third-order valence-corrected chi connectivity index (χ3v) is 4.02. The van der Waals surface area contributed by atoms with Gasteiger partial charge in [0.1, 0.15) is 11.6 Å². The number of ether oxygens (including phenoxy) is 1. The van der Waals surface area contributed by atoms with Crippen molar-refractivity contribution in [1.29, 1.82) is 0 Å². The van der Waals surface area contributed by atoms with Gasteiger partial charge >= 0.3 is 5.97 Å². The van der Waals surface area contributed by atoms with Crippen molar-refractivity contribution < 1.29 is 18.7 Å². The lowest BCUT2D eigenvalue weighted by Gasteiger charge is -2.11. The molecule has 124 valence electrons. The molecule has 0 bridgehead atoms. The molecular weight excluding hydrogens is 306 g/mol. The van der Waals surface area contributed by atoms with Crippen molar-refractivity contribution in [2.75, 3.05) is 6.61 Å². The summed E-state index contributed by atoms with van der Waals surface area (Å²) in [5.74, 6) is -0.670. The minimum atomic E-state index is -0.734. The van der Waals surface area contributed by atoms with Gasteiger partial charge in [-0.2, -0.15) is 0 Å². The first-order valence-electron chi connectivity index (χ1n) is 7.91. The lowest BCUT2D eigenvalue weighted by Crippen LogP contribution is -2.39. The number of aryl methyl sites for hydroxylation is 1. The van der Waals surface area contributed by atoms with Crippen molar-refractivity contribution in [2.45, 2.75) is 26.8 Å².